The summed E-state index contributed by atoms with van der Waals surface area (Å²) in [5, 5.41) is 9.10. The Balaban J connectivity index is 0.000000924. The van der Waals surface area contributed by atoms with Crippen molar-refractivity contribution in [2.75, 3.05) is 18.1 Å². The molecule has 3 rings (SSSR count). The highest BCUT2D eigenvalue weighted by molar-refractivity contribution is 5.98. The SMILES string of the molecule is CC.O=C1CCCCCc2cc(N3CC(CO)OC3=O)ccc21. The number of carbonyl (C=O) groups excluding carboxylic acids is 2. The summed E-state index contributed by atoms with van der Waals surface area (Å²) in [4.78, 5) is 25.5. The van der Waals surface area contributed by atoms with Crippen molar-refractivity contribution in [1.82, 2.24) is 0 Å². The van der Waals surface area contributed by atoms with Crippen LogP contribution in [0.2, 0.25) is 0 Å². The highest BCUT2D eigenvalue weighted by Crippen LogP contribution is 2.27. The summed E-state index contributed by atoms with van der Waals surface area (Å²) >= 11 is 0. The number of Topliss-reactive ketones (excluding diaryl/α,β-unsaturated/α-hetero) is 1. The number of amides is 1. The fraction of sp³-hybridized carbons (Fsp3) is 0.556. The van der Waals surface area contributed by atoms with Gasteiger partial charge in [0.15, 0.2) is 5.78 Å². The van der Waals surface area contributed by atoms with Crippen LogP contribution in [0.3, 0.4) is 0 Å². The van der Waals surface area contributed by atoms with Gasteiger partial charge >= 0.3 is 6.09 Å². The van der Waals surface area contributed by atoms with Crippen LogP contribution in [-0.2, 0) is 11.2 Å². The van der Waals surface area contributed by atoms with Gasteiger partial charge in [0.25, 0.3) is 0 Å². The summed E-state index contributed by atoms with van der Waals surface area (Å²) in [6.45, 7) is 4.17. The van der Waals surface area contributed by atoms with Gasteiger partial charge in [-0.1, -0.05) is 20.3 Å². The standard InChI is InChI=1S/C16H19NO4.C2H6/c18-10-13-9-17(16(20)21-13)12-6-7-14-11(8-12)4-2-1-3-5-15(14)19;1-2/h6-8,13,18H,1-5,9-10H2;1-2H3. The lowest BCUT2D eigenvalue weighted by Gasteiger charge is -2.18. The number of hydrogen-bond donors (Lipinski definition) is 1. The minimum Gasteiger partial charge on any atom is -0.441 e. The molecule has 1 atom stereocenters. The monoisotopic (exact) mass is 319 g/mol. The molecular weight excluding hydrogens is 294 g/mol. The van der Waals surface area contributed by atoms with E-state index in [4.69, 9.17) is 9.84 Å². The molecule has 0 spiro atoms. The molecule has 0 aromatic heterocycles. The number of ether oxygens (including phenoxy) is 1. The molecule has 5 heteroatoms. The van der Waals surface area contributed by atoms with Crippen molar-refractivity contribution in [1.29, 1.82) is 0 Å². The predicted octanol–water partition coefficient (Wildman–Crippen LogP) is 3.33. The fourth-order valence-corrected chi connectivity index (χ4v) is 2.97. The van der Waals surface area contributed by atoms with Crippen LogP contribution in [0.25, 0.3) is 0 Å². The molecule has 1 heterocycles. The second-order valence-corrected chi connectivity index (χ2v) is 5.62. The zero-order valence-corrected chi connectivity index (χ0v) is 13.9. The molecule has 0 bridgehead atoms. The largest absolute Gasteiger partial charge is 0.441 e. The van der Waals surface area contributed by atoms with Crippen molar-refractivity contribution in [3.8, 4) is 0 Å². The van der Waals surface area contributed by atoms with E-state index in [2.05, 4.69) is 0 Å². The van der Waals surface area contributed by atoms with Gasteiger partial charge in [-0.25, -0.2) is 4.79 Å². The third-order valence-electron chi connectivity index (χ3n) is 4.13. The predicted molar refractivity (Wildman–Crippen MR) is 89.0 cm³/mol. The molecule has 2 aliphatic rings. The van der Waals surface area contributed by atoms with E-state index in [0.29, 0.717) is 13.0 Å². The number of carbonyl (C=O) groups is 2. The number of anilines is 1. The Morgan fingerprint density at radius 2 is 1.91 bits per heavy atom. The van der Waals surface area contributed by atoms with Crippen LogP contribution < -0.4 is 4.90 Å². The Labute approximate surface area is 137 Å². The maximum absolute atomic E-state index is 12.1. The molecule has 0 radical (unpaired) electrons. The van der Waals surface area contributed by atoms with Crippen LogP contribution in [0.4, 0.5) is 10.5 Å². The lowest BCUT2D eigenvalue weighted by Crippen LogP contribution is -2.25. The molecule has 0 saturated carbocycles. The van der Waals surface area contributed by atoms with Crippen molar-refractivity contribution in [3.05, 3.63) is 29.3 Å². The summed E-state index contributed by atoms with van der Waals surface area (Å²) in [5.41, 5.74) is 2.53. The second-order valence-electron chi connectivity index (χ2n) is 5.62. The zero-order chi connectivity index (χ0) is 16.8. The van der Waals surface area contributed by atoms with Gasteiger partial charge in [-0.2, -0.15) is 0 Å². The van der Waals surface area contributed by atoms with Gasteiger partial charge in [0.1, 0.15) is 6.10 Å². The minimum absolute atomic E-state index is 0.175. The first-order valence-electron chi connectivity index (χ1n) is 8.44. The molecular formula is C18H25NO4. The van der Waals surface area contributed by atoms with Crippen molar-refractivity contribution in [2.24, 2.45) is 0 Å². The van der Waals surface area contributed by atoms with Crippen LogP contribution in [0.5, 0.6) is 0 Å². The van der Waals surface area contributed by atoms with Gasteiger partial charge in [0.05, 0.1) is 13.2 Å². The Bertz CT molecular complexity index is 570. The summed E-state index contributed by atoms with van der Waals surface area (Å²) in [7, 11) is 0. The molecule has 1 fully saturated rings. The highest BCUT2D eigenvalue weighted by atomic mass is 16.6. The Hall–Kier alpha value is -1.88. The van der Waals surface area contributed by atoms with E-state index in [-0.39, 0.29) is 12.4 Å². The maximum Gasteiger partial charge on any atom is 0.414 e. The normalized spacial score (nSPS) is 20.8. The molecule has 1 unspecified atom stereocenters. The Morgan fingerprint density at radius 1 is 1.17 bits per heavy atom. The number of hydrogen-bond acceptors (Lipinski definition) is 4. The second kappa shape index (κ2) is 8.11. The number of nitrogens with zero attached hydrogens (tertiary/aromatic N) is 1. The van der Waals surface area contributed by atoms with Crippen molar-refractivity contribution in [2.45, 2.75) is 52.1 Å². The van der Waals surface area contributed by atoms with Crippen molar-refractivity contribution >= 4 is 17.6 Å². The average Bonchev–Trinajstić information content (AvgIpc) is 2.95. The lowest BCUT2D eigenvalue weighted by molar-refractivity contribution is 0.0962. The number of ketones is 1. The zero-order valence-electron chi connectivity index (χ0n) is 13.9. The number of benzene rings is 1. The highest BCUT2D eigenvalue weighted by Gasteiger charge is 2.32. The van der Waals surface area contributed by atoms with Gasteiger partial charge in [-0.15, -0.1) is 0 Å². The molecule has 126 valence electrons. The first-order valence-corrected chi connectivity index (χ1v) is 8.44. The Morgan fingerprint density at radius 3 is 2.61 bits per heavy atom. The number of cyclic esters (lactones) is 1. The van der Waals surface area contributed by atoms with E-state index in [1.807, 2.05) is 26.0 Å². The quantitative estimate of drug-likeness (QED) is 0.908. The third-order valence-corrected chi connectivity index (χ3v) is 4.13. The van der Waals surface area contributed by atoms with E-state index in [1.165, 1.54) is 4.90 Å². The number of aliphatic hydroxyl groups excluding tert-OH is 1. The molecule has 1 aromatic rings. The third kappa shape index (κ3) is 3.91. The van der Waals surface area contributed by atoms with E-state index in [0.717, 1.165) is 42.5 Å². The number of fused-ring (bicyclic) bond motifs is 1. The number of aryl methyl sites for hydroxylation is 1. The van der Waals surface area contributed by atoms with Gasteiger partial charge in [-0.05, 0) is 43.0 Å². The number of aliphatic hydroxyl groups is 1. The van der Waals surface area contributed by atoms with Crippen LogP contribution in [0, 0.1) is 0 Å². The molecule has 1 saturated heterocycles. The molecule has 1 aliphatic carbocycles. The van der Waals surface area contributed by atoms with Crippen LogP contribution in [0.15, 0.2) is 18.2 Å². The van der Waals surface area contributed by atoms with Gasteiger partial charge in [0.2, 0.25) is 0 Å². The first kappa shape index (κ1) is 17.5. The van der Waals surface area contributed by atoms with E-state index in [9.17, 15) is 9.59 Å². The summed E-state index contributed by atoms with van der Waals surface area (Å²) < 4.78 is 5.06. The van der Waals surface area contributed by atoms with Crippen molar-refractivity contribution in [3.63, 3.8) is 0 Å². The van der Waals surface area contributed by atoms with Crippen LogP contribution >= 0.6 is 0 Å². The molecule has 23 heavy (non-hydrogen) atoms. The average molecular weight is 319 g/mol. The summed E-state index contributed by atoms with van der Waals surface area (Å²) in [6.07, 6.45) is 3.64. The van der Waals surface area contributed by atoms with Gasteiger partial charge in [0, 0.05) is 17.7 Å². The molecule has 1 N–H and O–H groups in total. The molecule has 1 amide bonds. The molecule has 1 aliphatic heterocycles. The topological polar surface area (TPSA) is 66.8 Å². The first-order chi connectivity index (χ1) is 11.2. The molecule has 5 nitrogen and oxygen atoms in total. The smallest absolute Gasteiger partial charge is 0.414 e. The van der Waals surface area contributed by atoms with Crippen LogP contribution in [0.1, 0.15) is 55.5 Å². The minimum atomic E-state index is -0.471. The van der Waals surface area contributed by atoms with Gasteiger partial charge in [-0.3, -0.25) is 9.69 Å². The summed E-state index contributed by atoms with van der Waals surface area (Å²) in [6, 6.07) is 5.52. The van der Waals surface area contributed by atoms with Crippen LogP contribution in [-0.4, -0.2) is 36.2 Å². The maximum atomic E-state index is 12.1. The van der Waals surface area contributed by atoms with Crippen molar-refractivity contribution < 1.29 is 19.4 Å². The van der Waals surface area contributed by atoms with E-state index < -0.39 is 12.2 Å². The molecule has 1 aromatic carbocycles. The number of rotatable bonds is 2. The van der Waals surface area contributed by atoms with E-state index in [1.54, 1.807) is 6.07 Å². The van der Waals surface area contributed by atoms with E-state index >= 15 is 0 Å². The Kier molecular flexibility index (Phi) is 6.16. The summed E-state index contributed by atoms with van der Waals surface area (Å²) in [5.74, 6) is 0.188. The lowest BCUT2D eigenvalue weighted by atomic mass is 9.92. The van der Waals surface area contributed by atoms with Gasteiger partial charge < -0.3 is 9.84 Å². The fourth-order valence-electron chi connectivity index (χ4n) is 2.97.